The number of likely N-dealkylation sites (tertiary alicyclic amines) is 1. The second kappa shape index (κ2) is 8.07. The Bertz CT molecular complexity index is 890. The summed E-state index contributed by atoms with van der Waals surface area (Å²) in [6.07, 6.45) is 0.824. The molecule has 0 unspecified atom stereocenters. The molecule has 1 aromatic rings. The highest BCUT2D eigenvalue weighted by Gasteiger charge is 2.67. The van der Waals surface area contributed by atoms with Gasteiger partial charge in [0.1, 0.15) is 6.04 Å². The van der Waals surface area contributed by atoms with Crippen molar-refractivity contribution in [1.29, 1.82) is 0 Å². The number of carbonyl (C=O) groups excluding carboxylic acids is 4. The lowest BCUT2D eigenvalue weighted by atomic mass is 9.81. The molecule has 1 saturated heterocycles. The molecule has 1 N–H and O–H groups in total. The quantitative estimate of drug-likeness (QED) is 0.351. The highest BCUT2D eigenvalue weighted by molar-refractivity contribution is 9.12. The summed E-state index contributed by atoms with van der Waals surface area (Å²) < 4.78 is 5.10. The van der Waals surface area contributed by atoms with E-state index in [0.717, 1.165) is 16.9 Å². The molecule has 0 spiro atoms. The smallest absolute Gasteiger partial charge is 0.329 e. The Morgan fingerprint density at radius 1 is 1.13 bits per heavy atom. The molecular weight excluding hydrogens is 520 g/mol. The first kappa shape index (κ1) is 21.5. The van der Waals surface area contributed by atoms with Crippen LogP contribution in [-0.4, -0.2) is 50.9 Å². The van der Waals surface area contributed by atoms with Crippen LogP contribution in [0.15, 0.2) is 24.3 Å². The third-order valence-electron chi connectivity index (χ3n) is 6.51. The van der Waals surface area contributed by atoms with Crippen molar-refractivity contribution in [2.24, 2.45) is 23.7 Å². The van der Waals surface area contributed by atoms with E-state index < -0.39 is 24.5 Å². The van der Waals surface area contributed by atoms with Crippen molar-refractivity contribution in [2.75, 3.05) is 11.9 Å². The van der Waals surface area contributed by atoms with E-state index in [0.29, 0.717) is 5.69 Å². The van der Waals surface area contributed by atoms with Gasteiger partial charge in [-0.3, -0.25) is 19.3 Å². The van der Waals surface area contributed by atoms with Crippen LogP contribution in [0.5, 0.6) is 0 Å². The number of ether oxygens (including phenoxy) is 1. The summed E-state index contributed by atoms with van der Waals surface area (Å²) in [5, 5.41) is 2.68. The van der Waals surface area contributed by atoms with Gasteiger partial charge in [-0.2, -0.15) is 0 Å². The molecule has 3 fully saturated rings. The minimum Gasteiger partial charge on any atom is -0.454 e. The predicted molar refractivity (Wildman–Crippen MR) is 116 cm³/mol. The highest BCUT2D eigenvalue weighted by Crippen LogP contribution is 2.60. The molecule has 7 nitrogen and oxygen atoms in total. The van der Waals surface area contributed by atoms with Crippen molar-refractivity contribution in [3.05, 3.63) is 29.8 Å². The number of imide groups is 1. The first-order valence-corrected chi connectivity index (χ1v) is 11.7. The zero-order chi connectivity index (χ0) is 21.7. The molecule has 0 radical (unpaired) electrons. The maximum atomic E-state index is 13.0. The van der Waals surface area contributed by atoms with Crippen LogP contribution in [0.1, 0.15) is 18.9 Å². The number of anilines is 1. The number of benzene rings is 1. The standard InChI is InChI=1S/C21H22Br2N2O5/c1-9-5-3-4-6-13(9)24-14(26)8-30-21(29)10(2)25-19(27)15-11-7-12(16(15)20(25)28)18(23)17(11)22/h3-6,10-12,15-18H,7-8H2,1-2H3,(H,24,26)/t10-,11+,12+,15-,16+,17-,18+/m0/s1. The van der Waals surface area contributed by atoms with Gasteiger partial charge in [-0.05, 0) is 43.7 Å². The Balaban J connectivity index is 1.38. The van der Waals surface area contributed by atoms with Gasteiger partial charge in [-0.1, -0.05) is 50.1 Å². The van der Waals surface area contributed by atoms with Gasteiger partial charge in [0.2, 0.25) is 11.8 Å². The second-order valence-electron chi connectivity index (χ2n) is 8.20. The number of nitrogens with one attached hydrogen (secondary N) is 1. The first-order chi connectivity index (χ1) is 14.2. The van der Waals surface area contributed by atoms with Crippen LogP contribution in [0, 0.1) is 30.6 Å². The molecule has 9 heteroatoms. The van der Waals surface area contributed by atoms with E-state index >= 15 is 0 Å². The summed E-state index contributed by atoms with van der Waals surface area (Å²) in [7, 11) is 0. The lowest BCUT2D eigenvalue weighted by Gasteiger charge is -2.28. The lowest BCUT2D eigenvalue weighted by molar-refractivity contribution is -0.159. The molecule has 2 aliphatic carbocycles. The van der Waals surface area contributed by atoms with Crippen LogP contribution in [-0.2, 0) is 23.9 Å². The average Bonchev–Trinajstić information content (AvgIpc) is 3.32. The first-order valence-electron chi connectivity index (χ1n) is 9.89. The number of alkyl halides is 2. The SMILES string of the molecule is Cc1ccccc1NC(=O)COC(=O)[C@H](C)N1C(=O)[C@@H]2[C@H]3C[C@@H]([C@H](Br)[C@@H]3Br)[C@@H]2C1=O. The summed E-state index contributed by atoms with van der Waals surface area (Å²) >= 11 is 7.28. The maximum Gasteiger partial charge on any atom is 0.329 e. The third kappa shape index (κ3) is 3.39. The number of nitrogens with zero attached hydrogens (tertiary/aromatic N) is 1. The molecule has 2 saturated carbocycles. The van der Waals surface area contributed by atoms with Crippen molar-refractivity contribution >= 4 is 61.2 Å². The Morgan fingerprint density at radius 2 is 1.70 bits per heavy atom. The molecule has 2 bridgehead atoms. The molecule has 1 aromatic carbocycles. The molecular formula is C21H22Br2N2O5. The van der Waals surface area contributed by atoms with Gasteiger partial charge in [0.05, 0.1) is 11.8 Å². The van der Waals surface area contributed by atoms with Gasteiger partial charge in [-0.15, -0.1) is 0 Å². The van der Waals surface area contributed by atoms with Crippen molar-refractivity contribution in [1.82, 2.24) is 4.90 Å². The van der Waals surface area contributed by atoms with Gasteiger partial charge in [-0.25, -0.2) is 4.79 Å². The van der Waals surface area contributed by atoms with E-state index in [-0.39, 0.29) is 45.1 Å². The Labute approximate surface area is 191 Å². The number of fused-ring (bicyclic) bond motifs is 5. The van der Waals surface area contributed by atoms with Crippen LogP contribution < -0.4 is 5.32 Å². The van der Waals surface area contributed by atoms with Gasteiger partial charge < -0.3 is 10.1 Å². The number of halogens is 2. The van der Waals surface area contributed by atoms with E-state index in [1.165, 1.54) is 6.92 Å². The number of aryl methyl sites for hydroxylation is 1. The molecule has 3 amide bonds. The predicted octanol–water partition coefficient (Wildman–Crippen LogP) is 2.64. The normalized spacial score (nSPS) is 32.9. The lowest BCUT2D eigenvalue weighted by Crippen LogP contribution is -2.45. The maximum absolute atomic E-state index is 13.0. The molecule has 1 heterocycles. The third-order valence-corrected chi connectivity index (χ3v) is 9.72. The minimum absolute atomic E-state index is 0.0777. The Kier molecular flexibility index (Phi) is 5.78. The summed E-state index contributed by atoms with van der Waals surface area (Å²) in [4.78, 5) is 51.9. The molecule has 1 aliphatic heterocycles. The summed E-state index contributed by atoms with van der Waals surface area (Å²) in [6.45, 7) is 2.84. The topological polar surface area (TPSA) is 92.8 Å². The van der Waals surface area contributed by atoms with Crippen LogP contribution in [0.3, 0.4) is 0 Å². The fraction of sp³-hybridized carbons (Fsp3) is 0.524. The van der Waals surface area contributed by atoms with Gasteiger partial charge in [0, 0.05) is 15.3 Å². The molecule has 0 aromatic heterocycles. The van der Waals surface area contributed by atoms with E-state index in [1.54, 1.807) is 12.1 Å². The van der Waals surface area contributed by atoms with Gasteiger partial charge in [0.25, 0.3) is 5.91 Å². The molecule has 4 rings (SSSR count). The second-order valence-corrected chi connectivity index (χ2v) is 10.3. The summed E-state index contributed by atoms with van der Waals surface area (Å²) in [6, 6.07) is 6.19. The zero-order valence-electron chi connectivity index (χ0n) is 16.5. The zero-order valence-corrected chi connectivity index (χ0v) is 19.7. The van der Waals surface area contributed by atoms with E-state index in [2.05, 4.69) is 37.2 Å². The van der Waals surface area contributed by atoms with E-state index in [4.69, 9.17) is 4.74 Å². The number of para-hydroxylation sites is 1. The molecule has 160 valence electrons. The average molecular weight is 542 g/mol. The van der Waals surface area contributed by atoms with Crippen LogP contribution >= 0.6 is 31.9 Å². The fourth-order valence-electron chi connectivity index (χ4n) is 5.02. The summed E-state index contributed by atoms with van der Waals surface area (Å²) in [5.74, 6) is -2.49. The number of esters is 1. The summed E-state index contributed by atoms with van der Waals surface area (Å²) in [5.41, 5.74) is 1.52. The van der Waals surface area contributed by atoms with Gasteiger partial charge >= 0.3 is 5.97 Å². The van der Waals surface area contributed by atoms with Gasteiger partial charge in [0.15, 0.2) is 6.61 Å². The number of hydrogen-bond donors (Lipinski definition) is 1. The Morgan fingerprint density at radius 3 is 2.27 bits per heavy atom. The molecule has 7 atom stereocenters. The van der Waals surface area contributed by atoms with E-state index in [9.17, 15) is 19.2 Å². The fourth-order valence-corrected chi connectivity index (χ4v) is 6.89. The van der Waals surface area contributed by atoms with Crippen molar-refractivity contribution in [3.63, 3.8) is 0 Å². The van der Waals surface area contributed by atoms with Crippen LogP contribution in [0.25, 0.3) is 0 Å². The number of amides is 3. The molecule has 30 heavy (non-hydrogen) atoms. The van der Waals surface area contributed by atoms with Crippen molar-refractivity contribution < 1.29 is 23.9 Å². The monoisotopic (exact) mass is 540 g/mol. The largest absolute Gasteiger partial charge is 0.454 e. The number of hydrogen-bond acceptors (Lipinski definition) is 5. The van der Waals surface area contributed by atoms with Crippen LogP contribution in [0.2, 0.25) is 0 Å². The number of carbonyl (C=O) groups is 4. The minimum atomic E-state index is -1.07. The Hall–Kier alpha value is -1.74. The van der Waals surface area contributed by atoms with Crippen LogP contribution in [0.4, 0.5) is 5.69 Å². The van der Waals surface area contributed by atoms with E-state index in [1.807, 2.05) is 19.1 Å². The molecule has 3 aliphatic rings. The van der Waals surface area contributed by atoms with Crippen molar-refractivity contribution in [2.45, 2.75) is 36.0 Å². The number of rotatable bonds is 5. The highest BCUT2D eigenvalue weighted by atomic mass is 79.9. The van der Waals surface area contributed by atoms with Crippen molar-refractivity contribution in [3.8, 4) is 0 Å².